The number of nitrogens with two attached hydrogens (primary N) is 1. The Balaban J connectivity index is 3.23. The minimum absolute atomic E-state index is 0.174. The van der Waals surface area contributed by atoms with Crippen LogP contribution in [0.5, 0.6) is 0 Å². The van der Waals surface area contributed by atoms with Crippen molar-refractivity contribution >= 4 is 9.84 Å². The van der Waals surface area contributed by atoms with Crippen molar-refractivity contribution in [2.24, 2.45) is 5.73 Å². The second-order valence-electron chi connectivity index (χ2n) is 3.58. The highest BCUT2D eigenvalue weighted by molar-refractivity contribution is 7.92. The zero-order valence-corrected chi connectivity index (χ0v) is 9.92. The third-order valence-corrected chi connectivity index (χ3v) is 5.03. The van der Waals surface area contributed by atoms with Crippen molar-refractivity contribution in [3.05, 3.63) is 29.8 Å². The van der Waals surface area contributed by atoms with Gasteiger partial charge in [-0.25, -0.2) is 8.42 Å². The normalized spacial score (nSPS) is 13.8. The molecule has 1 rings (SSSR count). The number of aryl methyl sites for hydroxylation is 1. The quantitative estimate of drug-likeness (QED) is 0.848. The second kappa shape index (κ2) is 4.77. The SMILES string of the molecule is CCC(CN)S(=O)(=O)c1ccccc1C. The van der Waals surface area contributed by atoms with E-state index in [4.69, 9.17) is 5.73 Å². The highest BCUT2D eigenvalue weighted by Gasteiger charge is 2.25. The van der Waals surface area contributed by atoms with E-state index in [-0.39, 0.29) is 6.54 Å². The van der Waals surface area contributed by atoms with Gasteiger partial charge in [0.15, 0.2) is 9.84 Å². The molecule has 0 saturated heterocycles. The van der Waals surface area contributed by atoms with Gasteiger partial charge in [-0.2, -0.15) is 0 Å². The van der Waals surface area contributed by atoms with Gasteiger partial charge in [-0.3, -0.25) is 0 Å². The van der Waals surface area contributed by atoms with E-state index in [9.17, 15) is 8.42 Å². The van der Waals surface area contributed by atoms with Crippen LogP contribution >= 0.6 is 0 Å². The predicted molar refractivity (Wildman–Crippen MR) is 61.5 cm³/mol. The number of hydrogen-bond acceptors (Lipinski definition) is 3. The lowest BCUT2D eigenvalue weighted by Gasteiger charge is -2.15. The Bertz CT molecular complexity index is 422. The van der Waals surface area contributed by atoms with Gasteiger partial charge in [0.25, 0.3) is 0 Å². The molecule has 2 N–H and O–H groups in total. The molecule has 0 heterocycles. The Hall–Kier alpha value is -0.870. The van der Waals surface area contributed by atoms with E-state index >= 15 is 0 Å². The lowest BCUT2D eigenvalue weighted by atomic mass is 10.2. The van der Waals surface area contributed by atoms with Gasteiger partial charge in [-0.1, -0.05) is 25.1 Å². The van der Waals surface area contributed by atoms with Crippen LogP contribution in [0.2, 0.25) is 0 Å². The summed E-state index contributed by atoms with van der Waals surface area (Å²) < 4.78 is 24.3. The van der Waals surface area contributed by atoms with Crippen LogP contribution in [-0.2, 0) is 9.84 Å². The Labute approximate surface area is 91.2 Å². The smallest absolute Gasteiger partial charge is 0.182 e. The molecule has 0 saturated carbocycles. The maximum Gasteiger partial charge on any atom is 0.182 e. The lowest BCUT2D eigenvalue weighted by Crippen LogP contribution is -2.29. The fourth-order valence-electron chi connectivity index (χ4n) is 1.57. The summed E-state index contributed by atoms with van der Waals surface area (Å²) in [5.41, 5.74) is 6.26. The van der Waals surface area contributed by atoms with E-state index in [2.05, 4.69) is 0 Å². The van der Waals surface area contributed by atoms with E-state index < -0.39 is 15.1 Å². The molecule has 0 aliphatic carbocycles. The summed E-state index contributed by atoms with van der Waals surface area (Å²) in [7, 11) is -3.26. The fourth-order valence-corrected chi connectivity index (χ4v) is 3.40. The van der Waals surface area contributed by atoms with E-state index in [1.54, 1.807) is 25.1 Å². The maximum atomic E-state index is 12.1. The average molecular weight is 227 g/mol. The molecule has 15 heavy (non-hydrogen) atoms. The largest absolute Gasteiger partial charge is 0.329 e. The summed E-state index contributed by atoms with van der Waals surface area (Å²) in [6, 6.07) is 7.01. The summed E-state index contributed by atoms with van der Waals surface area (Å²) >= 11 is 0. The zero-order chi connectivity index (χ0) is 11.5. The van der Waals surface area contributed by atoms with E-state index in [0.717, 1.165) is 5.56 Å². The average Bonchev–Trinajstić information content (AvgIpc) is 2.19. The summed E-state index contributed by atoms with van der Waals surface area (Å²) in [5.74, 6) is 0. The molecule has 0 radical (unpaired) electrons. The summed E-state index contributed by atoms with van der Waals surface area (Å²) in [5, 5.41) is -0.474. The molecule has 0 amide bonds. The molecule has 0 fully saturated rings. The van der Waals surface area contributed by atoms with Crippen molar-refractivity contribution in [3.8, 4) is 0 Å². The highest BCUT2D eigenvalue weighted by atomic mass is 32.2. The second-order valence-corrected chi connectivity index (χ2v) is 5.77. The monoisotopic (exact) mass is 227 g/mol. The third kappa shape index (κ3) is 2.38. The topological polar surface area (TPSA) is 60.2 Å². The first-order valence-electron chi connectivity index (χ1n) is 5.03. The maximum absolute atomic E-state index is 12.1. The first kappa shape index (κ1) is 12.2. The molecule has 3 nitrogen and oxygen atoms in total. The Morgan fingerprint density at radius 2 is 1.93 bits per heavy atom. The van der Waals surface area contributed by atoms with Gasteiger partial charge in [0.1, 0.15) is 0 Å². The number of benzene rings is 1. The van der Waals surface area contributed by atoms with Crippen molar-refractivity contribution in [1.29, 1.82) is 0 Å². The standard InChI is InChI=1S/C11H17NO2S/c1-3-10(8-12)15(13,14)11-7-5-4-6-9(11)2/h4-7,10H,3,8,12H2,1-2H3. The fraction of sp³-hybridized carbons (Fsp3) is 0.455. The van der Waals surface area contributed by atoms with Gasteiger partial charge in [-0.15, -0.1) is 0 Å². The van der Waals surface area contributed by atoms with Crippen molar-refractivity contribution in [2.45, 2.75) is 30.4 Å². The van der Waals surface area contributed by atoms with E-state index in [1.807, 2.05) is 13.0 Å². The van der Waals surface area contributed by atoms with Crippen LogP contribution in [0.25, 0.3) is 0 Å². The van der Waals surface area contributed by atoms with E-state index in [1.165, 1.54) is 0 Å². The van der Waals surface area contributed by atoms with Gasteiger partial charge < -0.3 is 5.73 Å². The Morgan fingerprint density at radius 1 is 1.33 bits per heavy atom. The molecule has 1 unspecified atom stereocenters. The molecular formula is C11H17NO2S. The predicted octanol–water partition coefficient (Wildman–Crippen LogP) is 1.51. The molecule has 1 aromatic carbocycles. The zero-order valence-electron chi connectivity index (χ0n) is 9.10. The van der Waals surface area contributed by atoms with Crippen LogP contribution in [0.4, 0.5) is 0 Å². The minimum Gasteiger partial charge on any atom is -0.329 e. The van der Waals surface area contributed by atoms with Crippen LogP contribution in [0.1, 0.15) is 18.9 Å². The summed E-state index contributed by atoms with van der Waals surface area (Å²) in [6.45, 7) is 3.82. The number of hydrogen-bond donors (Lipinski definition) is 1. The van der Waals surface area contributed by atoms with Crippen molar-refractivity contribution in [1.82, 2.24) is 0 Å². The van der Waals surface area contributed by atoms with Crippen LogP contribution in [0, 0.1) is 6.92 Å². The Kier molecular flexibility index (Phi) is 3.88. The molecular weight excluding hydrogens is 210 g/mol. The molecule has 84 valence electrons. The summed E-state index contributed by atoms with van der Waals surface area (Å²) in [6.07, 6.45) is 0.549. The van der Waals surface area contributed by atoms with Gasteiger partial charge in [-0.05, 0) is 25.0 Å². The Morgan fingerprint density at radius 3 is 2.40 bits per heavy atom. The minimum atomic E-state index is -3.26. The lowest BCUT2D eigenvalue weighted by molar-refractivity contribution is 0.575. The van der Waals surface area contributed by atoms with E-state index in [0.29, 0.717) is 11.3 Å². The van der Waals surface area contributed by atoms with Gasteiger partial charge in [0, 0.05) is 6.54 Å². The van der Waals surface area contributed by atoms with Crippen LogP contribution in [0.3, 0.4) is 0 Å². The molecule has 0 spiro atoms. The molecule has 0 bridgehead atoms. The van der Waals surface area contributed by atoms with Gasteiger partial charge in [0.05, 0.1) is 10.1 Å². The third-order valence-electron chi connectivity index (χ3n) is 2.56. The van der Waals surface area contributed by atoms with Crippen LogP contribution < -0.4 is 5.73 Å². The van der Waals surface area contributed by atoms with Crippen LogP contribution in [-0.4, -0.2) is 20.2 Å². The van der Waals surface area contributed by atoms with Gasteiger partial charge >= 0.3 is 0 Å². The molecule has 0 aliphatic rings. The van der Waals surface area contributed by atoms with Crippen molar-refractivity contribution in [2.75, 3.05) is 6.54 Å². The summed E-state index contributed by atoms with van der Waals surface area (Å²) in [4.78, 5) is 0.405. The number of sulfone groups is 1. The molecule has 1 atom stereocenters. The first-order valence-corrected chi connectivity index (χ1v) is 6.58. The molecule has 0 aliphatic heterocycles. The van der Waals surface area contributed by atoms with Gasteiger partial charge in [0.2, 0.25) is 0 Å². The molecule has 4 heteroatoms. The molecule has 0 aromatic heterocycles. The van der Waals surface area contributed by atoms with Crippen LogP contribution in [0.15, 0.2) is 29.2 Å². The first-order chi connectivity index (χ1) is 7.04. The molecule has 1 aromatic rings. The van der Waals surface area contributed by atoms with Crippen molar-refractivity contribution < 1.29 is 8.42 Å². The van der Waals surface area contributed by atoms with Crippen molar-refractivity contribution in [3.63, 3.8) is 0 Å². The number of rotatable bonds is 4. The highest BCUT2D eigenvalue weighted by Crippen LogP contribution is 2.20.